The molecule has 78 valence electrons. The molecule has 0 aromatic rings. The van der Waals surface area contributed by atoms with Crippen LogP contribution in [0.1, 0.15) is 13.8 Å². The maximum atomic E-state index is 10.9. The Hall–Kier alpha value is -1.22. The Bertz CT molecular complexity index is 280. The van der Waals surface area contributed by atoms with Gasteiger partial charge in [-0.1, -0.05) is 6.08 Å². The molecular weight excluding hydrogens is 207 g/mol. The van der Waals surface area contributed by atoms with Crippen molar-refractivity contribution in [3.63, 3.8) is 0 Å². The zero-order valence-corrected chi connectivity index (χ0v) is 8.97. The standard InChI is InChI=1S/C8H11O5P/c1-4(8(12)13-14)3-6(5(2)9)7(10)11/h3,6H,14H2,1-2H3,(H,10,11). The summed E-state index contributed by atoms with van der Waals surface area (Å²) >= 11 is 0. The van der Waals surface area contributed by atoms with Crippen molar-refractivity contribution in [2.45, 2.75) is 13.8 Å². The van der Waals surface area contributed by atoms with Crippen LogP contribution in [-0.2, 0) is 18.9 Å². The average molecular weight is 218 g/mol. The highest BCUT2D eigenvalue weighted by Gasteiger charge is 2.21. The predicted molar refractivity (Wildman–Crippen MR) is 51.4 cm³/mol. The molecule has 5 nitrogen and oxygen atoms in total. The van der Waals surface area contributed by atoms with Gasteiger partial charge >= 0.3 is 11.9 Å². The molecule has 0 aliphatic heterocycles. The van der Waals surface area contributed by atoms with Crippen LogP contribution in [0.25, 0.3) is 0 Å². The van der Waals surface area contributed by atoms with Gasteiger partial charge in [0, 0.05) is 5.57 Å². The Morgan fingerprint density at radius 3 is 2.14 bits per heavy atom. The number of hydrogen-bond donors (Lipinski definition) is 1. The van der Waals surface area contributed by atoms with E-state index in [1.807, 2.05) is 0 Å². The summed E-state index contributed by atoms with van der Waals surface area (Å²) in [6.07, 6.45) is 1.07. The van der Waals surface area contributed by atoms with Crippen LogP contribution in [0.15, 0.2) is 11.6 Å². The van der Waals surface area contributed by atoms with Gasteiger partial charge < -0.3 is 9.63 Å². The number of carboxylic acid groups (broad SMARTS) is 1. The summed E-state index contributed by atoms with van der Waals surface area (Å²) in [5, 5.41) is 8.62. The third-order valence-electron chi connectivity index (χ3n) is 1.55. The van der Waals surface area contributed by atoms with E-state index in [9.17, 15) is 14.4 Å². The van der Waals surface area contributed by atoms with Gasteiger partial charge in [0.1, 0.15) is 11.7 Å². The molecule has 2 atom stereocenters. The second kappa shape index (κ2) is 5.50. The summed E-state index contributed by atoms with van der Waals surface area (Å²) < 4.78 is 4.28. The first-order chi connectivity index (χ1) is 6.40. The van der Waals surface area contributed by atoms with Crippen LogP contribution in [0.4, 0.5) is 0 Å². The molecule has 0 aliphatic carbocycles. The molecule has 0 fully saturated rings. The third kappa shape index (κ3) is 3.66. The van der Waals surface area contributed by atoms with Gasteiger partial charge in [-0.3, -0.25) is 9.59 Å². The molecule has 6 heteroatoms. The molecule has 0 spiro atoms. The van der Waals surface area contributed by atoms with E-state index in [4.69, 9.17) is 5.11 Å². The molecule has 0 bridgehead atoms. The Morgan fingerprint density at radius 1 is 1.36 bits per heavy atom. The van der Waals surface area contributed by atoms with E-state index < -0.39 is 23.6 Å². The van der Waals surface area contributed by atoms with E-state index in [-0.39, 0.29) is 5.57 Å². The fourth-order valence-corrected chi connectivity index (χ4v) is 0.959. The largest absolute Gasteiger partial charge is 0.480 e. The maximum absolute atomic E-state index is 10.9. The number of aliphatic carboxylic acids is 1. The minimum absolute atomic E-state index is 0.0857. The van der Waals surface area contributed by atoms with Gasteiger partial charge in [0.15, 0.2) is 0 Å². The van der Waals surface area contributed by atoms with Gasteiger partial charge in [0.05, 0.1) is 9.47 Å². The van der Waals surface area contributed by atoms with Crippen molar-refractivity contribution in [1.82, 2.24) is 0 Å². The highest BCUT2D eigenvalue weighted by atomic mass is 31.0. The van der Waals surface area contributed by atoms with Crippen LogP contribution < -0.4 is 0 Å². The number of hydrogen-bond acceptors (Lipinski definition) is 4. The Morgan fingerprint density at radius 2 is 1.86 bits per heavy atom. The normalized spacial score (nSPS) is 13.2. The van der Waals surface area contributed by atoms with Crippen molar-refractivity contribution < 1.29 is 24.0 Å². The average Bonchev–Trinajstić information content (AvgIpc) is 2.11. The fourth-order valence-electron chi connectivity index (χ4n) is 0.774. The molecule has 1 N–H and O–H groups in total. The van der Waals surface area contributed by atoms with Crippen LogP contribution in [-0.4, -0.2) is 22.8 Å². The van der Waals surface area contributed by atoms with Crippen LogP contribution >= 0.6 is 9.47 Å². The highest BCUT2D eigenvalue weighted by molar-refractivity contribution is 7.10. The molecule has 0 aromatic heterocycles. The molecular formula is C8H11O5P. The summed E-state index contributed by atoms with van der Waals surface area (Å²) in [5.74, 6) is -3.79. The summed E-state index contributed by atoms with van der Waals surface area (Å²) in [6.45, 7) is 2.53. The van der Waals surface area contributed by atoms with Gasteiger partial charge in [0.2, 0.25) is 0 Å². The monoisotopic (exact) mass is 218 g/mol. The van der Waals surface area contributed by atoms with Crippen LogP contribution in [0.5, 0.6) is 0 Å². The molecule has 0 saturated heterocycles. The molecule has 0 saturated carbocycles. The second-order valence-corrected chi connectivity index (χ2v) is 2.92. The van der Waals surface area contributed by atoms with E-state index in [1.165, 1.54) is 6.92 Å². The van der Waals surface area contributed by atoms with Crippen LogP contribution in [0.3, 0.4) is 0 Å². The summed E-state index contributed by atoms with van der Waals surface area (Å²) in [7, 11) is 1.75. The zero-order valence-electron chi connectivity index (χ0n) is 7.81. The number of Topliss-reactive ketones (excluding diaryl/α,β-unsaturated/α-hetero) is 1. The lowest BCUT2D eigenvalue weighted by molar-refractivity contribution is -0.143. The Balaban J connectivity index is 4.82. The molecule has 0 heterocycles. The molecule has 0 aromatic carbocycles. The van der Waals surface area contributed by atoms with E-state index in [0.717, 1.165) is 13.0 Å². The second-order valence-electron chi connectivity index (χ2n) is 2.68. The minimum Gasteiger partial charge on any atom is -0.480 e. The Labute approximate surface area is 83.4 Å². The number of rotatable bonds is 4. The number of carboxylic acids is 1. The molecule has 0 rings (SSSR count). The van der Waals surface area contributed by atoms with Gasteiger partial charge in [-0.05, 0) is 13.8 Å². The molecule has 14 heavy (non-hydrogen) atoms. The van der Waals surface area contributed by atoms with Gasteiger partial charge in [-0.15, -0.1) is 0 Å². The molecule has 2 unspecified atom stereocenters. The molecule has 0 radical (unpaired) electrons. The SMILES string of the molecule is CC(=O)C(C=C(C)C(=O)OP)C(=O)O. The van der Waals surface area contributed by atoms with Crippen molar-refractivity contribution in [2.24, 2.45) is 5.92 Å². The first kappa shape index (κ1) is 12.8. The minimum atomic E-state index is -1.29. The number of carbonyl (C=O) groups is 3. The topological polar surface area (TPSA) is 80.7 Å². The quantitative estimate of drug-likeness (QED) is 0.423. The maximum Gasteiger partial charge on any atom is 0.335 e. The number of ketones is 1. The zero-order chi connectivity index (χ0) is 11.3. The summed E-state index contributed by atoms with van der Waals surface area (Å²) in [5.41, 5.74) is 0.0857. The van der Waals surface area contributed by atoms with E-state index in [1.54, 1.807) is 9.47 Å². The third-order valence-corrected chi connectivity index (χ3v) is 1.76. The lowest BCUT2D eigenvalue weighted by atomic mass is 10.0. The first-order valence-corrected chi connectivity index (χ1v) is 4.20. The lowest BCUT2D eigenvalue weighted by Gasteiger charge is -2.04. The van der Waals surface area contributed by atoms with Gasteiger partial charge in [-0.25, -0.2) is 4.79 Å². The Kier molecular flexibility index (Phi) is 5.02. The van der Waals surface area contributed by atoms with E-state index in [0.29, 0.717) is 0 Å². The van der Waals surface area contributed by atoms with Gasteiger partial charge in [0.25, 0.3) is 0 Å². The van der Waals surface area contributed by atoms with Crippen molar-refractivity contribution in [3.8, 4) is 0 Å². The van der Waals surface area contributed by atoms with Crippen molar-refractivity contribution >= 4 is 27.2 Å². The molecule has 0 amide bonds. The highest BCUT2D eigenvalue weighted by Crippen LogP contribution is 2.08. The number of carbonyl (C=O) groups excluding carboxylic acids is 2. The smallest absolute Gasteiger partial charge is 0.335 e. The van der Waals surface area contributed by atoms with Crippen molar-refractivity contribution in [1.29, 1.82) is 0 Å². The fraction of sp³-hybridized carbons (Fsp3) is 0.375. The molecule has 0 aliphatic rings. The lowest BCUT2D eigenvalue weighted by Crippen LogP contribution is -2.20. The van der Waals surface area contributed by atoms with Crippen molar-refractivity contribution in [2.75, 3.05) is 0 Å². The van der Waals surface area contributed by atoms with E-state index in [2.05, 4.69) is 4.52 Å². The van der Waals surface area contributed by atoms with E-state index >= 15 is 0 Å². The van der Waals surface area contributed by atoms with Crippen LogP contribution in [0.2, 0.25) is 0 Å². The summed E-state index contributed by atoms with van der Waals surface area (Å²) in [4.78, 5) is 32.3. The summed E-state index contributed by atoms with van der Waals surface area (Å²) in [6, 6.07) is 0. The van der Waals surface area contributed by atoms with Crippen LogP contribution in [0, 0.1) is 5.92 Å². The van der Waals surface area contributed by atoms with Gasteiger partial charge in [-0.2, -0.15) is 0 Å². The first-order valence-electron chi connectivity index (χ1n) is 3.73. The predicted octanol–water partition coefficient (Wildman–Crippen LogP) is 0.556. The van der Waals surface area contributed by atoms with Crippen molar-refractivity contribution in [3.05, 3.63) is 11.6 Å².